The lowest BCUT2D eigenvalue weighted by molar-refractivity contribution is -0.159. The van der Waals surface area contributed by atoms with Crippen LogP contribution in [0.4, 0.5) is 4.39 Å². The molecule has 120 valence electrons. The lowest BCUT2D eigenvalue weighted by Gasteiger charge is -2.31. The molecular formula is C16H20FNO4. The highest BCUT2D eigenvalue weighted by Crippen LogP contribution is 2.16. The zero-order chi connectivity index (χ0) is 16.1. The lowest BCUT2D eigenvalue weighted by atomic mass is 9.97. The zero-order valence-corrected chi connectivity index (χ0v) is 12.5. The standard InChI is InChI=1S/C16H20FNO4/c1-11(7-12-3-2-4-13(17)9-12)8-15(19)18-5-6-22-14(10-18)16(20)21/h2-4,9,11,14H,5-8,10H2,1H3,(H,20,21). The number of benzene rings is 1. The summed E-state index contributed by atoms with van der Waals surface area (Å²) < 4.78 is 18.2. The van der Waals surface area contributed by atoms with E-state index in [9.17, 15) is 14.0 Å². The molecule has 2 unspecified atom stereocenters. The van der Waals surface area contributed by atoms with Crippen molar-refractivity contribution in [2.24, 2.45) is 5.92 Å². The number of aliphatic carboxylic acids is 1. The predicted molar refractivity (Wildman–Crippen MR) is 77.8 cm³/mol. The summed E-state index contributed by atoms with van der Waals surface area (Å²) in [5.41, 5.74) is 0.852. The second kappa shape index (κ2) is 7.35. The molecule has 0 saturated carbocycles. The van der Waals surface area contributed by atoms with Crippen LogP contribution in [0.15, 0.2) is 24.3 Å². The molecule has 1 aromatic carbocycles. The Morgan fingerprint density at radius 1 is 1.50 bits per heavy atom. The number of carbonyl (C=O) groups is 2. The first-order valence-corrected chi connectivity index (χ1v) is 7.32. The van der Waals surface area contributed by atoms with Crippen LogP contribution in [-0.4, -0.2) is 47.7 Å². The zero-order valence-electron chi connectivity index (χ0n) is 12.5. The Morgan fingerprint density at radius 3 is 2.95 bits per heavy atom. The summed E-state index contributed by atoms with van der Waals surface area (Å²) in [5.74, 6) is -1.36. The molecule has 2 atom stereocenters. The highest BCUT2D eigenvalue weighted by molar-refractivity contribution is 5.78. The molecule has 0 bridgehead atoms. The van der Waals surface area contributed by atoms with Crippen LogP contribution in [-0.2, 0) is 20.7 Å². The number of carboxylic acids is 1. The highest BCUT2D eigenvalue weighted by atomic mass is 19.1. The van der Waals surface area contributed by atoms with Crippen molar-refractivity contribution in [2.75, 3.05) is 19.7 Å². The van der Waals surface area contributed by atoms with Crippen LogP contribution in [0.3, 0.4) is 0 Å². The Bertz CT molecular complexity index is 549. The fourth-order valence-corrected chi connectivity index (χ4v) is 2.59. The SMILES string of the molecule is CC(CC(=O)N1CCOC(C(=O)O)C1)Cc1cccc(F)c1. The van der Waals surface area contributed by atoms with Crippen molar-refractivity contribution in [3.63, 3.8) is 0 Å². The number of nitrogens with zero attached hydrogens (tertiary/aromatic N) is 1. The molecule has 0 spiro atoms. The Morgan fingerprint density at radius 2 is 2.27 bits per heavy atom. The van der Waals surface area contributed by atoms with Gasteiger partial charge in [0.1, 0.15) is 5.82 Å². The van der Waals surface area contributed by atoms with Gasteiger partial charge in [0.25, 0.3) is 0 Å². The minimum atomic E-state index is -1.05. The number of carboxylic acid groups (broad SMARTS) is 1. The Hall–Kier alpha value is -1.95. The van der Waals surface area contributed by atoms with Crippen molar-refractivity contribution in [1.29, 1.82) is 0 Å². The molecule has 1 aliphatic rings. The summed E-state index contributed by atoms with van der Waals surface area (Å²) >= 11 is 0. The van der Waals surface area contributed by atoms with E-state index in [4.69, 9.17) is 9.84 Å². The molecule has 22 heavy (non-hydrogen) atoms. The van der Waals surface area contributed by atoms with E-state index in [1.165, 1.54) is 17.0 Å². The van der Waals surface area contributed by atoms with Gasteiger partial charge in [-0.1, -0.05) is 19.1 Å². The normalized spacial score (nSPS) is 19.7. The summed E-state index contributed by atoms with van der Waals surface area (Å²) in [4.78, 5) is 24.7. The summed E-state index contributed by atoms with van der Waals surface area (Å²) in [6.07, 6.45) is -0.0322. The van der Waals surface area contributed by atoms with Gasteiger partial charge in [-0.3, -0.25) is 4.79 Å². The van der Waals surface area contributed by atoms with Crippen molar-refractivity contribution in [1.82, 2.24) is 4.90 Å². The summed E-state index contributed by atoms with van der Waals surface area (Å²) in [7, 11) is 0. The number of halogens is 1. The molecule has 5 nitrogen and oxygen atoms in total. The second-order valence-electron chi connectivity index (χ2n) is 5.68. The molecule has 1 N–H and O–H groups in total. The van der Waals surface area contributed by atoms with Crippen molar-refractivity contribution >= 4 is 11.9 Å². The summed E-state index contributed by atoms with van der Waals surface area (Å²) in [5, 5.41) is 8.94. The monoisotopic (exact) mass is 309 g/mol. The molecule has 1 heterocycles. The Kier molecular flexibility index (Phi) is 5.49. The van der Waals surface area contributed by atoms with Gasteiger partial charge >= 0.3 is 5.97 Å². The van der Waals surface area contributed by atoms with Crippen LogP contribution in [0.1, 0.15) is 18.9 Å². The number of morpholine rings is 1. The van der Waals surface area contributed by atoms with Crippen molar-refractivity contribution in [2.45, 2.75) is 25.9 Å². The van der Waals surface area contributed by atoms with E-state index in [1.54, 1.807) is 6.07 Å². The topological polar surface area (TPSA) is 66.8 Å². The van der Waals surface area contributed by atoms with Crippen LogP contribution in [0.5, 0.6) is 0 Å². The maximum absolute atomic E-state index is 13.1. The number of carbonyl (C=O) groups excluding carboxylic acids is 1. The van der Waals surface area contributed by atoms with E-state index >= 15 is 0 Å². The molecule has 0 aromatic heterocycles. The van der Waals surface area contributed by atoms with E-state index in [0.717, 1.165) is 5.56 Å². The lowest BCUT2D eigenvalue weighted by Crippen LogP contribution is -2.48. The Labute approximate surface area is 128 Å². The number of amides is 1. The van der Waals surface area contributed by atoms with Gasteiger partial charge in [0.05, 0.1) is 13.2 Å². The van der Waals surface area contributed by atoms with Gasteiger partial charge in [0, 0.05) is 13.0 Å². The average Bonchev–Trinajstić information content (AvgIpc) is 2.47. The van der Waals surface area contributed by atoms with Crippen LogP contribution in [0.25, 0.3) is 0 Å². The first kappa shape index (κ1) is 16.4. The maximum atomic E-state index is 13.1. The third-order valence-corrected chi connectivity index (χ3v) is 3.69. The van der Waals surface area contributed by atoms with Gasteiger partial charge in [-0.15, -0.1) is 0 Å². The van der Waals surface area contributed by atoms with E-state index in [-0.39, 0.29) is 30.8 Å². The molecule has 2 rings (SSSR count). The van der Waals surface area contributed by atoms with E-state index in [1.807, 2.05) is 13.0 Å². The van der Waals surface area contributed by atoms with Crippen LogP contribution in [0, 0.1) is 11.7 Å². The third-order valence-electron chi connectivity index (χ3n) is 3.69. The molecule has 1 fully saturated rings. The predicted octanol–water partition coefficient (Wildman–Crippen LogP) is 1.71. The highest BCUT2D eigenvalue weighted by Gasteiger charge is 2.29. The average molecular weight is 309 g/mol. The van der Waals surface area contributed by atoms with E-state index in [2.05, 4.69) is 0 Å². The van der Waals surface area contributed by atoms with Crippen LogP contribution in [0.2, 0.25) is 0 Å². The van der Waals surface area contributed by atoms with Crippen molar-refractivity contribution < 1.29 is 23.8 Å². The Balaban J connectivity index is 1.86. The second-order valence-corrected chi connectivity index (χ2v) is 5.68. The van der Waals surface area contributed by atoms with Gasteiger partial charge in [-0.25, -0.2) is 9.18 Å². The van der Waals surface area contributed by atoms with Crippen LogP contribution >= 0.6 is 0 Å². The number of hydrogen-bond acceptors (Lipinski definition) is 3. The summed E-state index contributed by atoms with van der Waals surface area (Å²) in [6, 6.07) is 6.34. The molecule has 1 saturated heterocycles. The molecule has 6 heteroatoms. The first-order valence-electron chi connectivity index (χ1n) is 7.32. The van der Waals surface area contributed by atoms with Gasteiger partial charge in [-0.05, 0) is 30.0 Å². The maximum Gasteiger partial charge on any atom is 0.334 e. The van der Waals surface area contributed by atoms with Gasteiger partial charge in [0.15, 0.2) is 6.10 Å². The van der Waals surface area contributed by atoms with E-state index < -0.39 is 12.1 Å². The number of rotatable bonds is 5. The molecule has 1 amide bonds. The van der Waals surface area contributed by atoms with Crippen molar-refractivity contribution in [3.05, 3.63) is 35.6 Å². The molecule has 1 aliphatic heterocycles. The third kappa shape index (κ3) is 4.53. The number of hydrogen-bond donors (Lipinski definition) is 1. The minimum Gasteiger partial charge on any atom is -0.479 e. The smallest absolute Gasteiger partial charge is 0.334 e. The fraction of sp³-hybridized carbons (Fsp3) is 0.500. The molecule has 1 aromatic rings. The minimum absolute atomic E-state index is 0.0559. The molecule has 0 aliphatic carbocycles. The fourth-order valence-electron chi connectivity index (χ4n) is 2.59. The van der Waals surface area contributed by atoms with E-state index in [0.29, 0.717) is 19.4 Å². The molecular weight excluding hydrogens is 289 g/mol. The number of ether oxygens (including phenoxy) is 1. The first-order chi connectivity index (χ1) is 10.5. The van der Waals surface area contributed by atoms with Gasteiger partial charge in [-0.2, -0.15) is 0 Å². The summed E-state index contributed by atoms with van der Waals surface area (Å²) in [6.45, 7) is 2.66. The molecule has 0 radical (unpaired) electrons. The quantitative estimate of drug-likeness (QED) is 0.899. The largest absolute Gasteiger partial charge is 0.479 e. The van der Waals surface area contributed by atoms with Crippen LogP contribution < -0.4 is 0 Å². The van der Waals surface area contributed by atoms with Crippen molar-refractivity contribution in [3.8, 4) is 0 Å². The van der Waals surface area contributed by atoms with Gasteiger partial charge < -0.3 is 14.7 Å². The van der Waals surface area contributed by atoms with Gasteiger partial charge in [0.2, 0.25) is 5.91 Å².